The maximum Gasteiger partial charge on any atom is 0.127 e. The summed E-state index contributed by atoms with van der Waals surface area (Å²) in [5, 5.41) is 6.45. The van der Waals surface area contributed by atoms with Gasteiger partial charge in [-0.1, -0.05) is 13.8 Å². The Morgan fingerprint density at radius 3 is 2.71 bits per heavy atom. The molecule has 0 aliphatic rings. The van der Waals surface area contributed by atoms with Gasteiger partial charge < -0.3 is 15.5 Å². The normalized spacial score (nSPS) is 10.6. The molecule has 0 aliphatic carbocycles. The lowest BCUT2D eigenvalue weighted by Gasteiger charge is -2.17. The first-order valence-electron chi connectivity index (χ1n) is 6.40. The average Bonchev–Trinajstić information content (AvgIpc) is 2.39. The molecule has 0 saturated heterocycles. The molecule has 0 aliphatic heterocycles. The highest BCUT2D eigenvalue weighted by Gasteiger charge is 1.98. The summed E-state index contributed by atoms with van der Waals surface area (Å²) < 4.78 is 0. The molecule has 0 unspecified atom stereocenters. The molecular weight excluding hydrogens is 212 g/mol. The molecule has 2 N–H and O–H groups in total. The van der Waals surface area contributed by atoms with Crippen molar-refractivity contribution in [2.45, 2.75) is 20.3 Å². The van der Waals surface area contributed by atoms with Crippen molar-refractivity contribution in [2.75, 3.05) is 43.9 Å². The van der Waals surface area contributed by atoms with Crippen molar-refractivity contribution in [3.63, 3.8) is 0 Å². The zero-order valence-electron chi connectivity index (χ0n) is 11.2. The second kappa shape index (κ2) is 7.90. The molecule has 4 nitrogen and oxygen atoms in total. The number of hydrogen-bond acceptors (Lipinski definition) is 4. The van der Waals surface area contributed by atoms with Crippen molar-refractivity contribution in [1.29, 1.82) is 0 Å². The zero-order valence-corrected chi connectivity index (χ0v) is 11.2. The van der Waals surface area contributed by atoms with E-state index in [0.717, 1.165) is 37.7 Å². The highest BCUT2D eigenvalue weighted by Crippen LogP contribution is 2.10. The summed E-state index contributed by atoms with van der Waals surface area (Å²) in [5.74, 6) is 0.902. The summed E-state index contributed by atoms with van der Waals surface area (Å²) in [7, 11) is 1.88. The molecule has 1 aromatic heterocycles. The minimum atomic E-state index is 0.902. The molecular formula is C13H24N4. The molecule has 0 radical (unpaired) electrons. The maximum absolute atomic E-state index is 4.18. The summed E-state index contributed by atoms with van der Waals surface area (Å²) in [5.41, 5.74) is 1.13. The number of pyridine rings is 1. The second-order valence-electron chi connectivity index (χ2n) is 3.99. The first-order chi connectivity index (χ1) is 8.30. The van der Waals surface area contributed by atoms with Crippen LogP contribution in [0.25, 0.3) is 0 Å². The molecule has 1 aromatic rings. The van der Waals surface area contributed by atoms with Gasteiger partial charge in [0, 0.05) is 31.5 Å². The summed E-state index contributed by atoms with van der Waals surface area (Å²) in [4.78, 5) is 6.62. The Balaban J connectivity index is 2.26. The topological polar surface area (TPSA) is 40.2 Å². The molecule has 0 fully saturated rings. The fraction of sp³-hybridized carbons (Fsp3) is 0.615. The zero-order chi connectivity index (χ0) is 12.5. The SMILES string of the molecule is CCN(CC)CCCNc1ccnc(NC)c1. The van der Waals surface area contributed by atoms with E-state index in [1.54, 1.807) is 0 Å². The first kappa shape index (κ1) is 13.8. The number of hydrogen-bond donors (Lipinski definition) is 2. The van der Waals surface area contributed by atoms with Gasteiger partial charge in [0.25, 0.3) is 0 Å². The van der Waals surface area contributed by atoms with Crippen LogP contribution in [-0.4, -0.2) is 43.1 Å². The summed E-state index contributed by atoms with van der Waals surface area (Å²) in [6.07, 6.45) is 2.98. The quantitative estimate of drug-likeness (QED) is 0.679. The van der Waals surface area contributed by atoms with Gasteiger partial charge in [-0.15, -0.1) is 0 Å². The average molecular weight is 236 g/mol. The largest absolute Gasteiger partial charge is 0.385 e. The molecule has 0 bridgehead atoms. The lowest BCUT2D eigenvalue weighted by Crippen LogP contribution is -2.25. The summed E-state index contributed by atoms with van der Waals surface area (Å²) in [6, 6.07) is 4.02. The van der Waals surface area contributed by atoms with Crippen LogP contribution < -0.4 is 10.6 Å². The Labute approximate surface area is 104 Å². The van der Waals surface area contributed by atoms with Crippen molar-refractivity contribution in [1.82, 2.24) is 9.88 Å². The molecule has 17 heavy (non-hydrogen) atoms. The molecule has 1 heterocycles. The lowest BCUT2D eigenvalue weighted by molar-refractivity contribution is 0.303. The van der Waals surface area contributed by atoms with E-state index in [1.165, 1.54) is 6.42 Å². The molecule has 0 aromatic carbocycles. The van der Waals surface area contributed by atoms with E-state index in [9.17, 15) is 0 Å². The smallest absolute Gasteiger partial charge is 0.127 e. The fourth-order valence-corrected chi connectivity index (χ4v) is 1.75. The fourth-order valence-electron chi connectivity index (χ4n) is 1.75. The van der Waals surface area contributed by atoms with Crippen molar-refractivity contribution >= 4 is 11.5 Å². The highest BCUT2D eigenvalue weighted by atomic mass is 15.1. The summed E-state index contributed by atoms with van der Waals surface area (Å²) in [6.45, 7) is 8.84. The van der Waals surface area contributed by atoms with Gasteiger partial charge in [0.1, 0.15) is 5.82 Å². The Morgan fingerprint density at radius 2 is 2.06 bits per heavy atom. The Morgan fingerprint density at radius 1 is 1.29 bits per heavy atom. The lowest BCUT2D eigenvalue weighted by atomic mass is 10.3. The second-order valence-corrected chi connectivity index (χ2v) is 3.99. The van der Waals surface area contributed by atoms with E-state index in [1.807, 2.05) is 25.4 Å². The third-order valence-electron chi connectivity index (χ3n) is 2.89. The monoisotopic (exact) mass is 236 g/mol. The van der Waals surface area contributed by atoms with Crippen LogP contribution in [0, 0.1) is 0 Å². The van der Waals surface area contributed by atoms with Gasteiger partial charge in [0.05, 0.1) is 0 Å². The van der Waals surface area contributed by atoms with Gasteiger partial charge in [-0.3, -0.25) is 0 Å². The van der Waals surface area contributed by atoms with Gasteiger partial charge in [0.15, 0.2) is 0 Å². The van der Waals surface area contributed by atoms with Crippen LogP contribution in [0.4, 0.5) is 11.5 Å². The molecule has 96 valence electrons. The maximum atomic E-state index is 4.18. The van der Waals surface area contributed by atoms with E-state index < -0.39 is 0 Å². The third-order valence-corrected chi connectivity index (χ3v) is 2.89. The van der Waals surface area contributed by atoms with E-state index in [2.05, 4.69) is 34.4 Å². The van der Waals surface area contributed by atoms with Crippen molar-refractivity contribution < 1.29 is 0 Å². The molecule has 0 spiro atoms. The predicted octanol–water partition coefficient (Wildman–Crippen LogP) is 2.27. The van der Waals surface area contributed by atoms with E-state index in [-0.39, 0.29) is 0 Å². The van der Waals surface area contributed by atoms with Crippen LogP contribution in [0.3, 0.4) is 0 Å². The van der Waals surface area contributed by atoms with Gasteiger partial charge in [-0.05, 0) is 32.1 Å². The van der Waals surface area contributed by atoms with Crippen LogP contribution in [0.5, 0.6) is 0 Å². The Kier molecular flexibility index (Phi) is 6.40. The van der Waals surface area contributed by atoms with Crippen molar-refractivity contribution in [2.24, 2.45) is 0 Å². The number of rotatable bonds is 8. The van der Waals surface area contributed by atoms with E-state index >= 15 is 0 Å². The van der Waals surface area contributed by atoms with Crippen LogP contribution in [0.15, 0.2) is 18.3 Å². The highest BCUT2D eigenvalue weighted by molar-refractivity contribution is 5.51. The van der Waals surface area contributed by atoms with Gasteiger partial charge in [0.2, 0.25) is 0 Å². The van der Waals surface area contributed by atoms with Gasteiger partial charge >= 0.3 is 0 Å². The Hall–Kier alpha value is -1.29. The molecule has 1 rings (SSSR count). The number of anilines is 2. The molecule has 0 amide bonds. The van der Waals surface area contributed by atoms with E-state index in [4.69, 9.17) is 0 Å². The molecule has 0 saturated carbocycles. The van der Waals surface area contributed by atoms with Crippen molar-refractivity contribution in [3.05, 3.63) is 18.3 Å². The van der Waals surface area contributed by atoms with Crippen LogP contribution in [-0.2, 0) is 0 Å². The van der Waals surface area contributed by atoms with Crippen LogP contribution >= 0.6 is 0 Å². The third kappa shape index (κ3) is 5.04. The number of nitrogens with zero attached hydrogens (tertiary/aromatic N) is 2. The first-order valence-corrected chi connectivity index (χ1v) is 6.40. The van der Waals surface area contributed by atoms with Gasteiger partial charge in [-0.2, -0.15) is 0 Å². The van der Waals surface area contributed by atoms with Gasteiger partial charge in [-0.25, -0.2) is 4.98 Å². The summed E-state index contributed by atoms with van der Waals surface area (Å²) >= 11 is 0. The minimum absolute atomic E-state index is 0.902. The Bertz CT molecular complexity index is 310. The molecule has 4 heteroatoms. The van der Waals surface area contributed by atoms with E-state index in [0.29, 0.717) is 0 Å². The number of nitrogens with one attached hydrogen (secondary N) is 2. The minimum Gasteiger partial charge on any atom is -0.385 e. The van der Waals surface area contributed by atoms with Crippen LogP contribution in [0.2, 0.25) is 0 Å². The van der Waals surface area contributed by atoms with Crippen molar-refractivity contribution in [3.8, 4) is 0 Å². The molecule has 0 atom stereocenters. The number of aromatic nitrogens is 1. The standard InChI is InChI=1S/C13H24N4/c1-4-17(5-2)10-6-8-15-12-7-9-16-13(11-12)14-3/h7,9,11H,4-6,8,10H2,1-3H3,(H2,14,15,16). The van der Waals surface area contributed by atoms with Crippen LogP contribution in [0.1, 0.15) is 20.3 Å². The predicted molar refractivity (Wildman–Crippen MR) is 74.7 cm³/mol.